The fourth-order valence-corrected chi connectivity index (χ4v) is 5.47. The van der Waals surface area contributed by atoms with Gasteiger partial charge in [-0.3, -0.25) is 14.6 Å². The monoisotopic (exact) mass is 487 g/mol. The Bertz CT molecular complexity index is 1150. The number of nitrogens with zero attached hydrogens (tertiary/aromatic N) is 3. The van der Waals surface area contributed by atoms with Gasteiger partial charge >= 0.3 is 0 Å². The molecule has 1 amide bonds. The molecule has 0 radical (unpaired) electrons. The molecule has 1 aliphatic rings. The molecule has 1 saturated heterocycles. The predicted molar refractivity (Wildman–Crippen MR) is 144 cm³/mol. The molecule has 0 aromatic heterocycles. The summed E-state index contributed by atoms with van der Waals surface area (Å²) in [4.78, 5) is 20.4. The first-order chi connectivity index (χ1) is 17.4. The maximum absolute atomic E-state index is 13.8. The Morgan fingerprint density at radius 2 is 1.61 bits per heavy atom. The van der Waals surface area contributed by atoms with Gasteiger partial charge in [-0.1, -0.05) is 60.7 Å². The minimum Gasteiger partial charge on any atom is -0.339 e. The summed E-state index contributed by atoms with van der Waals surface area (Å²) in [6.07, 6.45) is 0. The maximum Gasteiger partial charge on any atom is 0.254 e. The molecule has 0 bridgehead atoms. The number of benzene rings is 3. The van der Waals surface area contributed by atoms with E-state index in [9.17, 15) is 9.18 Å². The van der Waals surface area contributed by atoms with Gasteiger partial charge in [-0.15, -0.1) is 0 Å². The topological polar surface area (TPSA) is 26.8 Å². The largest absolute Gasteiger partial charge is 0.339 e. The van der Waals surface area contributed by atoms with Crippen molar-refractivity contribution in [1.29, 1.82) is 0 Å². The number of hydrogen-bond donors (Lipinski definition) is 0. The fraction of sp³-hybridized carbons (Fsp3) is 0.387. The Hall–Kier alpha value is -3.02. The minimum atomic E-state index is -0.189. The van der Waals surface area contributed by atoms with E-state index in [0.29, 0.717) is 13.1 Å². The summed E-state index contributed by atoms with van der Waals surface area (Å²) in [6, 6.07) is 26.0. The molecular weight excluding hydrogens is 449 g/mol. The number of hydrogen-bond acceptors (Lipinski definition) is 3. The molecule has 1 fully saturated rings. The Labute approximate surface area is 215 Å². The zero-order chi connectivity index (χ0) is 25.7. The molecular formula is C31H38FN3O. The van der Waals surface area contributed by atoms with Crippen LogP contribution in [-0.2, 0) is 6.54 Å². The molecule has 3 aromatic carbocycles. The van der Waals surface area contributed by atoms with Crippen molar-refractivity contribution >= 4 is 5.91 Å². The van der Waals surface area contributed by atoms with Crippen LogP contribution < -0.4 is 0 Å². The Balaban J connectivity index is 1.68. The summed E-state index contributed by atoms with van der Waals surface area (Å²) in [5.41, 5.74) is 4.02. The van der Waals surface area contributed by atoms with E-state index in [1.807, 2.05) is 49.1 Å². The number of carbonyl (C=O) groups is 1. The fourth-order valence-electron chi connectivity index (χ4n) is 5.47. The van der Waals surface area contributed by atoms with Gasteiger partial charge in [0.1, 0.15) is 5.82 Å². The van der Waals surface area contributed by atoms with Crippen molar-refractivity contribution in [2.75, 3.05) is 26.2 Å². The number of halogens is 1. The van der Waals surface area contributed by atoms with Crippen LogP contribution in [0, 0.1) is 5.82 Å². The molecule has 3 aromatic rings. The number of carbonyl (C=O) groups excluding carboxylic acids is 1. The van der Waals surface area contributed by atoms with Gasteiger partial charge in [0.15, 0.2) is 0 Å². The molecule has 0 N–H and O–H groups in total. The molecule has 0 unspecified atom stereocenters. The van der Waals surface area contributed by atoms with Gasteiger partial charge in [-0.2, -0.15) is 0 Å². The summed E-state index contributed by atoms with van der Waals surface area (Å²) in [5.74, 6) is -0.104. The quantitative estimate of drug-likeness (QED) is 0.390. The lowest BCUT2D eigenvalue weighted by molar-refractivity contribution is 0.0192. The van der Waals surface area contributed by atoms with Gasteiger partial charge in [-0.05, 0) is 62.6 Å². The molecule has 4 rings (SSSR count). The average Bonchev–Trinajstić information content (AvgIpc) is 2.88. The van der Waals surface area contributed by atoms with Crippen LogP contribution >= 0.6 is 0 Å². The van der Waals surface area contributed by atoms with E-state index < -0.39 is 0 Å². The third-order valence-electron chi connectivity index (χ3n) is 7.42. The van der Waals surface area contributed by atoms with Crippen LogP contribution in [0.4, 0.5) is 4.39 Å². The molecule has 36 heavy (non-hydrogen) atoms. The second-order valence-corrected chi connectivity index (χ2v) is 9.83. The Morgan fingerprint density at radius 1 is 0.917 bits per heavy atom. The van der Waals surface area contributed by atoms with Crippen molar-refractivity contribution in [1.82, 2.24) is 14.7 Å². The van der Waals surface area contributed by atoms with Gasteiger partial charge in [0.05, 0.1) is 6.04 Å². The van der Waals surface area contributed by atoms with Crippen LogP contribution in [0.15, 0.2) is 78.9 Å². The van der Waals surface area contributed by atoms with Gasteiger partial charge in [0, 0.05) is 50.4 Å². The normalized spacial score (nSPS) is 19.7. The van der Waals surface area contributed by atoms with E-state index in [-0.39, 0.29) is 29.8 Å². The highest BCUT2D eigenvalue weighted by Crippen LogP contribution is 2.35. The molecule has 4 nitrogen and oxygen atoms in total. The molecule has 0 aliphatic carbocycles. The molecule has 190 valence electrons. The summed E-state index contributed by atoms with van der Waals surface area (Å²) in [6.45, 7) is 12.4. The van der Waals surface area contributed by atoms with Gasteiger partial charge in [0.25, 0.3) is 5.91 Å². The highest BCUT2D eigenvalue weighted by molar-refractivity contribution is 5.96. The number of amides is 1. The van der Waals surface area contributed by atoms with Crippen LogP contribution in [-0.4, -0.2) is 58.9 Å². The van der Waals surface area contributed by atoms with Crippen molar-refractivity contribution in [3.05, 3.63) is 107 Å². The second kappa shape index (κ2) is 11.8. The van der Waals surface area contributed by atoms with E-state index >= 15 is 0 Å². The molecule has 5 heteroatoms. The van der Waals surface area contributed by atoms with Crippen molar-refractivity contribution < 1.29 is 9.18 Å². The Kier molecular flexibility index (Phi) is 8.55. The third kappa shape index (κ3) is 5.69. The highest BCUT2D eigenvalue weighted by Gasteiger charge is 2.36. The van der Waals surface area contributed by atoms with E-state index in [1.165, 1.54) is 11.6 Å². The second-order valence-electron chi connectivity index (χ2n) is 9.83. The van der Waals surface area contributed by atoms with Crippen LogP contribution in [0.3, 0.4) is 0 Å². The van der Waals surface area contributed by atoms with Crippen LogP contribution in [0.5, 0.6) is 0 Å². The van der Waals surface area contributed by atoms with Crippen LogP contribution in [0.1, 0.15) is 60.8 Å². The van der Waals surface area contributed by atoms with Crippen molar-refractivity contribution in [2.45, 2.75) is 52.4 Å². The summed E-state index contributed by atoms with van der Waals surface area (Å²) < 4.78 is 13.8. The van der Waals surface area contributed by atoms with Gasteiger partial charge in [-0.25, -0.2) is 4.39 Å². The van der Waals surface area contributed by atoms with Crippen molar-refractivity contribution in [3.8, 4) is 0 Å². The SMILES string of the molecule is CCN(CC)C(=O)c1ccccc1[C@@H](c1ccccc1)N1C[C@H](C)N(Cc2cccc(F)c2)C[C@@H]1C. The molecule has 1 aliphatic heterocycles. The minimum absolute atomic E-state index is 0.0318. The molecule has 3 atom stereocenters. The Morgan fingerprint density at radius 3 is 2.31 bits per heavy atom. The summed E-state index contributed by atoms with van der Waals surface area (Å²) >= 11 is 0. The van der Waals surface area contributed by atoms with Gasteiger partial charge in [0.2, 0.25) is 0 Å². The number of rotatable bonds is 8. The smallest absolute Gasteiger partial charge is 0.254 e. The lowest BCUT2D eigenvalue weighted by Gasteiger charge is -2.48. The first kappa shape index (κ1) is 26.1. The first-order valence-corrected chi connectivity index (χ1v) is 13.1. The highest BCUT2D eigenvalue weighted by atomic mass is 19.1. The van der Waals surface area contributed by atoms with E-state index in [1.54, 1.807) is 12.1 Å². The van der Waals surface area contributed by atoms with Gasteiger partial charge < -0.3 is 4.90 Å². The van der Waals surface area contributed by atoms with E-state index in [2.05, 4.69) is 54.0 Å². The third-order valence-corrected chi connectivity index (χ3v) is 7.42. The first-order valence-electron chi connectivity index (χ1n) is 13.1. The average molecular weight is 488 g/mol. The van der Waals surface area contributed by atoms with Crippen LogP contribution in [0.25, 0.3) is 0 Å². The van der Waals surface area contributed by atoms with Crippen molar-refractivity contribution in [3.63, 3.8) is 0 Å². The molecule has 0 spiro atoms. The summed E-state index contributed by atoms with van der Waals surface area (Å²) in [5, 5.41) is 0. The maximum atomic E-state index is 13.8. The van der Waals surface area contributed by atoms with E-state index in [0.717, 1.165) is 36.3 Å². The standard InChI is InChI=1S/C31H38FN3O/c1-5-33(6-2)31(36)29-18-11-10-17-28(29)30(26-14-8-7-9-15-26)35-21-23(3)34(20-24(35)4)22-25-13-12-16-27(32)19-25/h7-19,23-24,30H,5-6,20-22H2,1-4H3/t23-,24-,30+/m0/s1. The van der Waals surface area contributed by atoms with E-state index in [4.69, 9.17) is 0 Å². The summed E-state index contributed by atoms with van der Waals surface area (Å²) in [7, 11) is 0. The number of piperazine rings is 1. The zero-order valence-electron chi connectivity index (χ0n) is 21.9. The molecule has 1 heterocycles. The lowest BCUT2D eigenvalue weighted by Crippen LogP contribution is -2.57. The molecule has 0 saturated carbocycles. The predicted octanol–water partition coefficient (Wildman–Crippen LogP) is 5.99. The zero-order valence-corrected chi connectivity index (χ0v) is 21.9. The lowest BCUT2D eigenvalue weighted by atomic mass is 9.90. The van der Waals surface area contributed by atoms with Crippen LogP contribution in [0.2, 0.25) is 0 Å². The van der Waals surface area contributed by atoms with Crippen molar-refractivity contribution in [2.24, 2.45) is 0 Å².